The lowest BCUT2D eigenvalue weighted by molar-refractivity contribution is 0.405. The van der Waals surface area contributed by atoms with Gasteiger partial charge in [-0.3, -0.25) is 0 Å². The molecule has 19 heavy (non-hydrogen) atoms. The Balaban J connectivity index is 2.32. The molecule has 1 aromatic heterocycles. The van der Waals surface area contributed by atoms with Crippen LogP contribution in [0.15, 0.2) is 17.5 Å². The highest BCUT2D eigenvalue weighted by Crippen LogP contribution is 2.37. The summed E-state index contributed by atoms with van der Waals surface area (Å²) >= 11 is 13.2. The maximum atomic E-state index is 6.05. The minimum Gasteiger partial charge on any atom is -0.495 e. The second kappa shape index (κ2) is 6.32. The SMILES string of the molecule is COc1cc(Nc2nc(CCl)cs2)c(OC)cc1Cl. The fourth-order valence-electron chi connectivity index (χ4n) is 1.50. The van der Waals surface area contributed by atoms with Crippen LogP contribution in [0.4, 0.5) is 10.8 Å². The van der Waals surface area contributed by atoms with Gasteiger partial charge in [-0.1, -0.05) is 11.6 Å². The molecular weight excluding hydrogens is 307 g/mol. The molecule has 0 radical (unpaired) electrons. The van der Waals surface area contributed by atoms with Gasteiger partial charge >= 0.3 is 0 Å². The fraction of sp³-hybridized carbons (Fsp3) is 0.250. The maximum absolute atomic E-state index is 6.05. The van der Waals surface area contributed by atoms with Crippen LogP contribution in [0.5, 0.6) is 11.5 Å². The zero-order chi connectivity index (χ0) is 13.8. The molecule has 1 heterocycles. The van der Waals surface area contributed by atoms with Gasteiger partial charge < -0.3 is 14.8 Å². The van der Waals surface area contributed by atoms with E-state index in [1.54, 1.807) is 26.4 Å². The number of aromatic nitrogens is 1. The number of rotatable bonds is 5. The van der Waals surface area contributed by atoms with Gasteiger partial charge in [0.1, 0.15) is 11.5 Å². The first kappa shape index (κ1) is 14.2. The number of ether oxygens (including phenoxy) is 2. The van der Waals surface area contributed by atoms with Gasteiger partial charge in [0.2, 0.25) is 0 Å². The molecule has 0 aliphatic carbocycles. The Bertz CT molecular complexity index is 575. The van der Waals surface area contributed by atoms with Gasteiger partial charge in [-0.15, -0.1) is 22.9 Å². The third-order valence-electron chi connectivity index (χ3n) is 2.40. The minimum atomic E-state index is 0.388. The Morgan fingerprint density at radius 1 is 1.26 bits per heavy atom. The second-order valence-corrected chi connectivity index (χ2v) is 5.12. The highest BCUT2D eigenvalue weighted by molar-refractivity contribution is 7.13. The summed E-state index contributed by atoms with van der Waals surface area (Å²) in [5.74, 6) is 1.58. The predicted molar refractivity (Wildman–Crippen MR) is 79.5 cm³/mol. The summed E-state index contributed by atoms with van der Waals surface area (Å²) in [5.41, 5.74) is 1.56. The molecule has 102 valence electrons. The van der Waals surface area contributed by atoms with Crippen molar-refractivity contribution < 1.29 is 9.47 Å². The Morgan fingerprint density at radius 2 is 2.00 bits per heavy atom. The van der Waals surface area contributed by atoms with E-state index in [1.807, 2.05) is 5.38 Å². The number of benzene rings is 1. The van der Waals surface area contributed by atoms with Gasteiger partial charge in [0.05, 0.1) is 36.5 Å². The largest absolute Gasteiger partial charge is 0.495 e. The summed E-state index contributed by atoms with van der Waals surface area (Å²) in [7, 11) is 3.14. The number of nitrogens with zero attached hydrogens (tertiary/aromatic N) is 1. The van der Waals surface area contributed by atoms with E-state index in [1.165, 1.54) is 11.3 Å². The zero-order valence-corrected chi connectivity index (χ0v) is 12.7. The topological polar surface area (TPSA) is 43.4 Å². The van der Waals surface area contributed by atoms with E-state index in [2.05, 4.69) is 10.3 Å². The third kappa shape index (κ3) is 3.23. The summed E-state index contributed by atoms with van der Waals surface area (Å²) in [6, 6.07) is 3.46. The molecule has 4 nitrogen and oxygen atoms in total. The average molecular weight is 319 g/mol. The van der Waals surface area contributed by atoms with Gasteiger partial charge in [-0.05, 0) is 0 Å². The molecule has 2 rings (SSSR count). The molecule has 0 amide bonds. The van der Waals surface area contributed by atoms with Crippen molar-refractivity contribution in [3.63, 3.8) is 0 Å². The lowest BCUT2D eigenvalue weighted by atomic mass is 10.2. The molecule has 0 aliphatic heterocycles. The van der Waals surface area contributed by atoms with Crippen molar-refractivity contribution in [2.75, 3.05) is 19.5 Å². The van der Waals surface area contributed by atoms with Crippen LogP contribution in [0.3, 0.4) is 0 Å². The van der Waals surface area contributed by atoms with Gasteiger partial charge in [0, 0.05) is 17.5 Å². The summed E-state index contributed by atoms with van der Waals surface area (Å²) in [5, 5.41) is 6.29. The summed E-state index contributed by atoms with van der Waals surface area (Å²) in [6.07, 6.45) is 0. The number of anilines is 2. The standard InChI is InChI=1S/C12H12Cl2N2O2S/c1-17-10-4-9(11(18-2)3-8(10)14)16-12-15-7(5-13)6-19-12/h3-4,6H,5H2,1-2H3,(H,15,16). The van der Waals surface area contributed by atoms with Crippen LogP contribution >= 0.6 is 34.5 Å². The predicted octanol–water partition coefficient (Wildman–Crippen LogP) is 4.30. The highest BCUT2D eigenvalue weighted by Gasteiger charge is 2.11. The van der Waals surface area contributed by atoms with E-state index in [0.29, 0.717) is 22.4 Å². The van der Waals surface area contributed by atoms with Gasteiger partial charge in [0.25, 0.3) is 0 Å². The normalized spacial score (nSPS) is 10.3. The lowest BCUT2D eigenvalue weighted by Crippen LogP contribution is -1.96. The molecule has 0 saturated carbocycles. The maximum Gasteiger partial charge on any atom is 0.187 e. The third-order valence-corrected chi connectivity index (χ3v) is 3.78. The second-order valence-electron chi connectivity index (χ2n) is 3.59. The Hall–Kier alpha value is -1.17. The number of halogens is 2. The molecule has 2 aromatic rings. The summed E-state index contributed by atoms with van der Waals surface area (Å²) < 4.78 is 10.5. The van der Waals surface area contributed by atoms with Gasteiger partial charge in [0.15, 0.2) is 5.13 Å². The van der Waals surface area contributed by atoms with Crippen LogP contribution in [-0.4, -0.2) is 19.2 Å². The zero-order valence-electron chi connectivity index (χ0n) is 10.4. The van der Waals surface area contributed by atoms with Gasteiger partial charge in [-0.25, -0.2) is 4.98 Å². The first-order valence-corrected chi connectivity index (χ1v) is 7.16. The monoisotopic (exact) mass is 318 g/mol. The van der Waals surface area contributed by atoms with Crippen molar-refractivity contribution in [1.29, 1.82) is 0 Å². The first-order valence-electron chi connectivity index (χ1n) is 5.36. The molecule has 0 atom stereocenters. The van der Waals surface area contributed by atoms with Crippen LogP contribution in [0.25, 0.3) is 0 Å². The Labute approximate surface area is 125 Å². The van der Waals surface area contributed by atoms with Crippen molar-refractivity contribution in [3.8, 4) is 11.5 Å². The number of thiazole rings is 1. The van der Waals surface area contributed by atoms with E-state index >= 15 is 0 Å². The number of methoxy groups -OCH3 is 2. The smallest absolute Gasteiger partial charge is 0.187 e. The molecule has 1 N–H and O–H groups in total. The molecule has 0 saturated heterocycles. The van der Waals surface area contributed by atoms with Crippen LogP contribution in [0, 0.1) is 0 Å². The van der Waals surface area contributed by atoms with Crippen LogP contribution in [-0.2, 0) is 5.88 Å². The number of alkyl halides is 1. The van der Waals surface area contributed by atoms with Crippen molar-refractivity contribution >= 4 is 45.4 Å². The van der Waals surface area contributed by atoms with Crippen LogP contribution in [0.2, 0.25) is 5.02 Å². The van der Waals surface area contributed by atoms with E-state index < -0.39 is 0 Å². The van der Waals surface area contributed by atoms with E-state index in [-0.39, 0.29) is 0 Å². The molecule has 0 unspecified atom stereocenters. The molecule has 0 fully saturated rings. The van der Waals surface area contributed by atoms with E-state index in [4.69, 9.17) is 32.7 Å². The molecule has 0 aliphatic rings. The Kier molecular flexibility index (Phi) is 4.74. The number of nitrogens with one attached hydrogen (secondary N) is 1. The summed E-state index contributed by atoms with van der Waals surface area (Å²) in [4.78, 5) is 4.32. The van der Waals surface area contributed by atoms with Crippen molar-refractivity contribution in [1.82, 2.24) is 4.98 Å². The van der Waals surface area contributed by atoms with Crippen LogP contribution in [0.1, 0.15) is 5.69 Å². The minimum absolute atomic E-state index is 0.388. The quantitative estimate of drug-likeness (QED) is 0.835. The molecule has 7 heteroatoms. The van der Waals surface area contributed by atoms with E-state index in [0.717, 1.165) is 16.5 Å². The van der Waals surface area contributed by atoms with E-state index in [9.17, 15) is 0 Å². The highest BCUT2D eigenvalue weighted by atomic mass is 35.5. The molecule has 0 bridgehead atoms. The average Bonchev–Trinajstić information content (AvgIpc) is 2.88. The van der Waals surface area contributed by atoms with Crippen molar-refractivity contribution in [3.05, 3.63) is 28.2 Å². The van der Waals surface area contributed by atoms with Crippen LogP contribution < -0.4 is 14.8 Å². The molecule has 0 spiro atoms. The fourth-order valence-corrected chi connectivity index (χ4v) is 2.68. The van der Waals surface area contributed by atoms with Crippen molar-refractivity contribution in [2.45, 2.75) is 5.88 Å². The number of hydrogen-bond donors (Lipinski definition) is 1. The lowest BCUT2D eigenvalue weighted by Gasteiger charge is -2.12. The summed E-state index contributed by atoms with van der Waals surface area (Å²) in [6.45, 7) is 0. The molecular formula is C12H12Cl2N2O2S. The Morgan fingerprint density at radius 3 is 2.58 bits per heavy atom. The van der Waals surface area contributed by atoms with Crippen molar-refractivity contribution in [2.24, 2.45) is 0 Å². The number of hydrogen-bond acceptors (Lipinski definition) is 5. The molecule has 1 aromatic carbocycles. The van der Waals surface area contributed by atoms with Gasteiger partial charge in [-0.2, -0.15) is 0 Å². The first-order chi connectivity index (χ1) is 9.17.